The molecule has 3 heterocycles. The van der Waals surface area contributed by atoms with Crippen LogP contribution in [0.3, 0.4) is 0 Å². The normalized spacial score (nSPS) is 11.8. The van der Waals surface area contributed by atoms with E-state index in [4.69, 9.17) is 19.4 Å². The van der Waals surface area contributed by atoms with E-state index >= 15 is 0 Å². The Bertz CT molecular complexity index is 4210. The Balaban J connectivity index is 1.07. The van der Waals surface area contributed by atoms with Gasteiger partial charge in [-0.1, -0.05) is 182 Å². The minimum atomic E-state index is 0.549. The largest absolute Gasteiger partial charge is 0.455 e. The predicted molar refractivity (Wildman–Crippen MR) is 281 cm³/mol. The zero-order valence-electron chi connectivity index (χ0n) is 36.6. The quantitative estimate of drug-likeness (QED) is 0.167. The maximum absolute atomic E-state index is 7.10. The van der Waals surface area contributed by atoms with E-state index in [-0.39, 0.29) is 0 Å². The summed E-state index contributed by atoms with van der Waals surface area (Å²) in [5.41, 5.74) is 11.9. The first-order chi connectivity index (χ1) is 33.7. The van der Waals surface area contributed by atoms with Crippen LogP contribution in [0.15, 0.2) is 235 Å². The van der Waals surface area contributed by atoms with Crippen LogP contribution in [0, 0.1) is 0 Å². The SMILES string of the molecule is c1ccc(-c2ccc(-c3nc(-c4cccc(-c5ccccc5)c4)nc(-c4cc(-n5c6cc7ccccc7cc6c6cc7ccccc7cc65)c5c(c4)oc4c6ccccc6ccc45)n3)cc2)cc1. The highest BCUT2D eigenvalue weighted by molar-refractivity contribution is 6.21. The second kappa shape index (κ2) is 15.2. The van der Waals surface area contributed by atoms with Crippen molar-refractivity contribution in [2.45, 2.75) is 0 Å². The van der Waals surface area contributed by atoms with E-state index in [9.17, 15) is 0 Å². The van der Waals surface area contributed by atoms with Crippen molar-refractivity contribution in [1.29, 1.82) is 0 Å². The number of benzene rings is 11. The fourth-order valence-electron chi connectivity index (χ4n) is 10.2. The molecule has 0 saturated heterocycles. The lowest BCUT2D eigenvalue weighted by molar-refractivity contribution is 0.672. The molecule has 14 aromatic rings. The van der Waals surface area contributed by atoms with Crippen molar-refractivity contribution in [3.63, 3.8) is 0 Å². The minimum Gasteiger partial charge on any atom is -0.455 e. The van der Waals surface area contributed by atoms with Crippen LogP contribution in [-0.2, 0) is 0 Å². The van der Waals surface area contributed by atoms with Crippen LogP contribution in [0.4, 0.5) is 0 Å². The molecule has 11 aromatic carbocycles. The van der Waals surface area contributed by atoms with Crippen LogP contribution in [0.5, 0.6) is 0 Å². The molecule has 0 unspecified atom stereocenters. The van der Waals surface area contributed by atoms with Gasteiger partial charge in [-0.2, -0.15) is 0 Å². The fourth-order valence-corrected chi connectivity index (χ4v) is 10.2. The highest BCUT2D eigenvalue weighted by atomic mass is 16.3. The van der Waals surface area contributed by atoms with Crippen LogP contribution in [-0.4, -0.2) is 19.5 Å². The number of hydrogen-bond donors (Lipinski definition) is 0. The van der Waals surface area contributed by atoms with Gasteiger partial charge in [0.05, 0.1) is 22.1 Å². The Labute approximate surface area is 390 Å². The first kappa shape index (κ1) is 38.1. The lowest BCUT2D eigenvalue weighted by atomic mass is 10.0. The van der Waals surface area contributed by atoms with Crippen molar-refractivity contribution in [3.05, 3.63) is 231 Å². The van der Waals surface area contributed by atoms with E-state index in [1.54, 1.807) is 0 Å². The van der Waals surface area contributed by atoms with Crippen molar-refractivity contribution < 1.29 is 4.42 Å². The lowest BCUT2D eigenvalue weighted by Gasteiger charge is -2.14. The van der Waals surface area contributed by atoms with Crippen molar-refractivity contribution >= 4 is 76.1 Å². The molecule has 5 nitrogen and oxygen atoms in total. The van der Waals surface area contributed by atoms with Gasteiger partial charge < -0.3 is 8.98 Å². The first-order valence-corrected chi connectivity index (χ1v) is 23.0. The van der Waals surface area contributed by atoms with Gasteiger partial charge in [0, 0.05) is 38.2 Å². The molecule has 5 heteroatoms. The summed E-state index contributed by atoms with van der Waals surface area (Å²) in [7, 11) is 0. The van der Waals surface area contributed by atoms with Crippen LogP contribution in [0.25, 0.3) is 138 Å². The van der Waals surface area contributed by atoms with E-state index in [0.29, 0.717) is 17.5 Å². The van der Waals surface area contributed by atoms with Gasteiger partial charge in [-0.05, 0) is 97.7 Å². The molecular formula is C63H38N4O. The number of fused-ring (bicyclic) bond motifs is 10. The lowest BCUT2D eigenvalue weighted by Crippen LogP contribution is -2.02. The van der Waals surface area contributed by atoms with Gasteiger partial charge in [0.1, 0.15) is 11.2 Å². The van der Waals surface area contributed by atoms with Gasteiger partial charge in [-0.25, -0.2) is 15.0 Å². The summed E-state index contributed by atoms with van der Waals surface area (Å²) < 4.78 is 9.54. The molecule has 0 N–H and O–H groups in total. The third-order valence-electron chi connectivity index (χ3n) is 13.6. The highest BCUT2D eigenvalue weighted by Crippen LogP contribution is 2.44. The highest BCUT2D eigenvalue weighted by Gasteiger charge is 2.23. The van der Waals surface area contributed by atoms with E-state index in [1.807, 2.05) is 12.1 Å². The Hall–Kier alpha value is -9.19. The monoisotopic (exact) mass is 866 g/mol. The molecule has 0 aliphatic carbocycles. The predicted octanol–water partition coefficient (Wildman–Crippen LogP) is 16.7. The van der Waals surface area contributed by atoms with E-state index in [1.165, 1.54) is 32.3 Å². The van der Waals surface area contributed by atoms with Gasteiger partial charge in [-0.15, -0.1) is 0 Å². The number of rotatable bonds is 6. The summed E-state index contributed by atoms with van der Waals surface area (Å²) >= 11 is 0. The third-order valence-corrected chi connectivity index (χ3v) is 13.6. The molecule has 0 atom stereocenters. The topological polar surface area (TPSA) is 56.7 Å². The minimum absolute atomic E-state index is 0.549. The first-order valence-electron chi connectivity index (χ1n) is 23.0. The van der Waals surface area contributed by atoms with Crippen LogP contribution >= 0.6 is 0 Å². The maximum atomic E-state index is 7.10. The summed E-state index contributed by atoms with van der Waals surface area (Å²) in [5.74, 6) is 1.72. The summed E-state index contributed by atoms with van der Waals surface area (Å²) in [6.45, 7) is 0. The number of nitrogens with zero attached hydrogens (tertiary/aromatic N) is 4. The Morgan fingerprint density at radius 2 is 0.779 bits per heavy atom. The maximum Gasteiger partial charge on any atom is 0.164 e. The Kier molecular flexibility index (Phi) is 8.52. The molecule has 0 radical (unpaired) electrons. The summed E-state index contributed by atoms with van der Waals surface area (Å²) in [6.07, 6.45) is 0. The van der Waals surface area contributed by atoms with Crippen LogP contribution in [0.1, 0.15) is 0 Å². The van der Waals surface area contributed by atoms with E-state index in [2.05, 4.69) is 223 Å². The summed E-state index contributed by atoms with van der Waals surface area (Å²) in [6, 6.07) is 81.7. The number of aromatic nitrogens is 4. The molecule has 0 aliphatic heterocycles. The van der Waals surface area contributed by atoms with Gasteiger partial charge in [-0.3, -0.25) is 0 Å². The molecule has 0 amide bonds. The molecule has 14 rings (SSSR count). The van der Waals surface area contributed by atoms with Gasteiger partial charge in [0.2, 0.25) is 0 Å². The van der Waals surface area contributed by atoms with Gasteiger partial charge in [0.15, 0.2) is 17.5 Å². The molecular weight excluding hydrogens is 829 g/mol. The zero-order chi connectivity index (χ0) is 44.7. The zero-order valence-corrected chi connectivity index (χ0v) is 36.6. The second-order valence-electron chi connectivity index (χ2n) is 17.6. The van der Waals surface area contributed by atoms with Crippen LogP contribution < -0.4 is 0 Å². The summed E-state index contributed by atoms with van der Waals surface area (Å²) in [4.78, 5) is 15.9. The molecule has 68 heavy (non-hydrogen) atoms. The molecule has 0 bridgehead atoms. The van der Waals surface area contributed by atoms with E-state index < -0.39 is 0 Å². The van der Waals surface area contributed by atoms with Crippen molar-refractivity contribution in [2.24, 2.45) is 0 Å². The van der Waals surface area contributed by atoms with Gasteiger partial charge >= 0.3 is 0 Å². The number of hydrogen-bond acceptors (Lipinski definition) is 4. The third kappa shape index (κ3) is 6.21. The van der Waals surface area contributed by atoms with Gasteiger partial charge in [0.25, 0.3) is 0 Å². The average Bonchev–Trinajstić information content (AvgIpc) is 3.95. The van der Waals surface area contributed by atoms with Crippen molar-refractivity contribution in [3.8, 4) is 62.1 Å². The van der Waals surface area contributed by atoms with Crippen molar-refractivity contribution in [2.75, 3.05) is 0 Å². The molecule has 3 aromatic heterocycles. The van der Waals surface area contributed by atoms with Crippen molar-refractivity contribution in [1.82, 2.24) is 19.5 Å². The average molecular weight is 867 g/mol. The molecule has 316 valence electrons. The second-order valence-corrected chi connectivity index (χ2v) is 17.6. The fraction of sp³-hybridized carbons (Fsp3) is 0. The van der Waals surface area contributed by atoms with E-state index in [0.717, 1.165) is 88.4 Å². The molecule has 0 spiro atoms. The molecule has 0 fully saturated rings. The molecule has 0 saturated carbocycles. The smallest absolute Gasteiger partial charge is 0.164 e. The standard InChI is InChI=1S/C63H38N4O/c1-3-14-39(15-4-1)41-26-28-43(29-27-41)61-64-62(49-24-13-23-44(32-49)40-16-5-2-6-17-40)66-63(65-61)50-37-57(59-52-31-30-42-18-11-12-25-51(42)60(52)68-58(59)38-50)67-55-35-47-21-9-7-19-45(47)33-53(55)54-34-46-20-8-10-22-48(46)36-56(54)67/h1-38H. The van der Waals surface area contributed by atoms with Crippen LogP contribution in [0.2, 0.25) is 0 Å². The Morgan fingerprint density at radius 1 is 0.294 bits per heavy atom. The Morgan fingerprint density at radius 3 is 1.43 bits per heavy atom. The summed E-state index contributed by atoms with van der Waals surface area (Å²) in [5, 5.41) is 11.4. The number of furan rings is 1. The molecule has 0 aliphatic rings.